The molecule has 0 atom stereocenters. The molecule has 66 heavy (non-hydrogen) atoms. The maximum atomic E-state index is 3.66. The number of unbranched alkanes of at least 4 members (excludes halogenated alkanes) is 32. The van der Waals surface area contributed by atoms with Gasteiger partial charge in [-0.25, -0.2) is 0 Å². The molecular weight excluding hydrogens is 793 g/mol. The van der Waals surface area contributed by atoms with Crippen LogP contribution in [-0.2, 0) is 0 Å². The Kier molecular flexibility index (Phi) is 145. The highest BCUT2D eigenvalue weighted by Gasteiger charge is 1.86. The molecule has 0 radical (unpaired) electrons. The molecule has 0 fully saturated rings. The molecule has 0 nitrogen and oxygen atoms in total. The minimum atomic E-state index is 1.19. The van der Waals surface area contributed by atoms with Gasteiger partial charge in [0.2, 0.25) is 0 Å². The van der Waals surface area contributed by atoms with Crippen LogP contribution in [0, 0.1) is 0 Å². The van der Waals surface area contributed by atoms with E-state index in [-0.39, 0.29) is 0 Å². The maximum absolute atomic E-state index is 3.66. The molecule has 0 aliphatic carbocycles. The largest absolute Gasteiger partial charge is 0.106 e. The molecule has 0 heterocycles. The zero-order chi connectivity index (χ0) is 51.9. The van der Waals surface area contributed by atoms with Crippen LogP contribution in [0.2, 0.25) is 0 Å². The van der Waals surface area contributed by atoms with Gasteiger partial charge in [-0.2, -0.15) is 0 Å². The van der Waals surface area contributed by atoms with Crippen molar-refractivity contribution in [3.05, 3.63) is 114 Å². The Morgan fingerprint density at radius 2 is 0.258 bits per heavy atom. The van der Waals surface area contributed by atoms with Crippen molar-refractivity contribution < 1.29 is 0 Å². The van der Waals surface area contributed by atoms with Crippen molar-refractivity contribution in [2.24, 2.45) is 0 Å². The number of rotatable bonds is 40. The summed E-state index contributed by atoms with van der Waals surface area (Å²) in [4.78, 5) is 0. The third-order valence-corrected chi connectivity index (χ3v) is 10.1. The molecule has 0 heteroatoms. The summed E-state index contributed by atoms with van der Waals surface area (Å²) in [6, 6.07) is 0. The Hall–Kier alpha value is -2.34. The van der Waals surface area contributed by atoms with Crippen LogP contribution >= 0.6 is 0 Å². The van der Waals surface area contributed by atoms with Gasteiger partial charge < -0.3 is 0 Å². The average molecular weight is 926 g/mol. The minimum absolute atomic E-state index is 1.19. The lowest BCUT2D eigenvalue weighted by Crippen LogP contribution is -1.71. The van der Waals surface area contributed by atoms with Crippen LogP contribution < -0.4 is 0 Å². The zero-order valence-corrected chi connectivity index (χ0v) is 48.0. The Morgan fingerprint density at radius 3 is 0.318 bits per heavy atom. The molecule has 0 aromatic carbocycles. The van der Waals surface area contributed by atoms with E-state index < -0.39 is 0 Å². The topological polar surface area (TPSA) is 0 Å². The molecular formula is C66H132. The first-order chi connectivity index (χ1) is 32.3. The molecule has 0 saturated carbocycles. The van der Waals surface area contributed by atoms with Crippen molar-refractivity contribution in [3.8, 4) is 0 Å². The number of allylic oxidation sites excluding steroid dienone is 8. The van der Waals surface area contributed by atoms with Gasteiger partial charge in [-0.05, 0) is 103 Å². The molecule has 0 saturated heterocycles. The van der Waals surface area contributed by atoms with Gasteiger partial charge in [0, 0.05) is 0 Å². The molecule has 0 rings (SSSR count). The van der Waals surface area contributed by atoms with E-state index in [2.05, 4.69) is 121 Å². The SMILES string of the molecule is C=C.C=CCCCCCC.C=CCCCCCC.C=CCCCCCC.C=CCCCCCC.C=CCCCCCC.C=CCCCCCC.C=CCCCCCC.C=CCCCCCC. The smallest absolute Gasteiger partial charge is 0.0353 e. The first-order valence-corrected chi connectivity index (χ1v) is 28.7. The van der Waals surface area contributed by atoms with Crippen molar-refractivity contribution in [1.82, 2.24) is 0 Å². The summed E-state index contributed by atoms with van der Waals surface area (Å²) in [7, 11) is 0. The van der Waals surface area contributed by atoms with Crippen molar-refractivity contribution in [2.75, 3.05) is 0 Å². The summed E-state index contributed by atoms with van der Waals surface area (Å²) in [6.45, 7) is 53.1. The molecule has 0 spiro atoms. The van der Waals surface area contributed by atoms with Crippen molar-refractivity contribution in [1.29, 1.82) is 0 Å². The van der Waals surface area contributed by atoms with Crippen LogP contribution in [0.15, 0.2) is 114 Å². The lowest BCUT2D eigenvalue weighted by molar-refractivity contribution is 0.675. The quantitative estimate of drug-likeness (QED) is 0.0424. The van der Waals surface area contributed by atoms with E-state index in [0.29, 0.717) is 0 Å². The second-order valence-corrected chi connectivity index (χ2v) is 17.1. The fourth-order valence-electron chi connectivity index (χ4n) is 5.72. The van der Waals surface area contributed by atoms with Gasteiger partial charge in [-0.1, -0.05) is 258 Å². The predicted octanol–water partition coefficient (Wildman–Crippen LogP) is 25.9. The summed E-state index contributed by atoms with van der Waals surface area (Å²) in [5.74, 6) is 0. The molecule has 0 N–H and O–H groups in total. The minimum Gasteiger partial charge on any atom is -0.106 e. The van der Waals surface area contributed by atoms with Gasteiger partial charge in [-0.3, -0.25) is 0 Å². The van der Waals surface area contributed by atoms with Gasteiger partial charge in [-0.15, -0.1) is 65.8 Å². The molecule has 0 aliphatic rings. The normalized spacial score (nSPS) is 8.91. The van der Waals surface area contributed by atoms with Gasteiger partial charge in [0.15, 0.2) is 0 Å². The predicted molar refractivity (Wildman–Crippen MR) is 323 cm³/mol. The van der Waals surface area contributed by atoms with E-state index >= 15 is 0 Å². The van der Waals surface area contributed by atoms with Crippen molar-refractivity contribution in [3.63, 3.8) is 0 Å². The van der Waals surface area contributed by atoms with Crippen molar-refractivity contribution in [2.45, 2.75) is 312 Å². The third-order valence-electron chi connectivity index (χ3n) is 10.1. The first kappa shape index (κ1) is 83.7. The molecule has 0 aromatic heterocycles. The standard InChI is InChI=1S/8C8H16.C2H4/c8*1-3-5-7-8-6-4-2;1-2/h8*3H,1,4-8H2,2H3;1-2H2. The highest BCUT2D eigenvalue weighted by atomic mass is 13.9. The van der Waals surface area contributed by atoms with Gasteiger partial charge in [0.25, 0.3) is 0 Å². The van der Waals surface area contributed by atoms with Crippen LogP contribution in [0.4, 0.5) is 0 Å². The Bertz CT molecular complexity index is 575. The monoisotopic (exact) mass is 925 g/mol. The van der Waals surface area contributed by atoms with Gasteiger partial charge in [0.1, 0.15) is 0 Å². The highest BCUT2D eigenvalue weighted by Crippen LogP contribution is 2.06. The maximum Gasteiger partial charge on any atom is -0.0353 e. The Morgan fingerprint density at radius 1 is 0.167 bits per heavy atom. The van der Waals surface area contributed by atoms with Crippen LogP contribution in [0.5, 0.6) is 0 Å². The summed E-state index contributed by atoms with van der Waals surface area (Å²) < 4.78 is 0. The first-order valence-electron chi connectivity index (χ1n) is 28.7. The fourth-order valence-corrected chi connectivity index (χ4v) is 5.72. The van der Waals surface area contributed by atoms with Crippen LogP contribution in [0.1, 0.15) is 312 Å². The van der Waals surface area contributed by atoms with Crippen LogP contribution in [-0.4, -0.2) is 0 Å². The van der Waals surface area contributed by atoms with E-state index in [1.54, 1.807) is 0 Å². The van der Waals surface area contributed by atoms with E-state index in [0.717, 1.165) is 0 Å². The number of hydrogen-bond donors (Lipinski definition) is 0. The molecule has 0 unspecified atom stereocenters. The molecule has 0 aliphatic heterocycles. The number of hydrogen-bond acceptors (Lipinski definition) is 0. The average Bonchev–Trinajstić information content (AvgIpc) is 3.35. The summed E-state index contributed by atoms with van der Waals surface area (Å²) in [5.41, 5.74) is 0. The van der Waals surface area contributed by atoms with E-state index in [4.69, 9.17) is 0 Å². The summed E-state index contributed by atoms with van der Waals surface area (Å²) in [5, 5.41) is 0. The molecule has 396 valence electrons. The highest BCUT2D eigenvalue weighted by molar-refractivity contribution is 4.68. The summed E-state index contributed by atoms with van der Waals surface area (Å²) in [6.07, 6.45) is 68.9. The fraction of sp³-hybridized carbons (Fsp3) is 0.727. The molecule has 0 bridgehead atoms. The van der Waals surface area contributed by atoms with E-state index in [1.807, 2.05) is 48.6 Å². The van der Waals surface area contributed by atoms with Crippen LogP contribution in [0.25, 0.3) is 0 Å². The lowest BCUT2D eigenvalue weighted by Gasteiger charge is -1.91. The van der Waals surface area contributed by atoms with Crippen molar-refractivity contribution >= 4 is 0 Å². The van der Waals surface area contributed by atoms with Crippen LogP contribution in [0.3, 0.4) is 0 Å². The second kappa shape index (κ2) is 114. The Balaban J connectivity index is -0.0000000799. The lowest BCUT2D eigenvalue weighted by atomic mass is 10.2. The van der Waals surface area contributed by atoms with E-state index in [1.165, 1.54) is 257 Å². The van der Waals surface area contributed by atoms with Gasteiger partial charge >= 0.3 is 0 Å². The third kappa shape index (κ3) is 160. The zero-order valence-electron chi connectivity index (χ0n) is 48.0. The molecule has 0 aromatic rings. The summed E-state index contributed by atoms with van der Waals surface area (Å²) >= 11 is 0. The second-order valence-electron chi connectivity index (χ2n) is 17.1. The Labute approximate surface area is 424 Å². The van der Waals surface area contributed by atoms with E-state index in [9.17, 15) is 0 Å². The van der Waals surface area contributed by atoms with Gasteiger partial charge in [0.05, 0.1) is 0 Å². The molecule has 0 amide bonds.